The van der Waals surface area contributed by atoms with Crippen LogP contribution >= 0.6 is 0 Å². The van der Waals surface area contributed by atoms with Gasteiger partial charge in [-0.1, -0.05) is 6.07 Å². The Morgan fingerprint density at radius 1 is 1.45 bits per heavy atom. The lowest BCUT2D eigenvalue weighted by molar-refractivity contribution is 0.0525. The molecular weight excluding hydrogens is 254 g/mol. The molecule has 2 unspecified atom stereocenters. The zero-order valence-electron chi connectivity index (χ0n) is 12.6. The summed E-state index contributed by atoms with van der Waals surface area (Å²) in [4.78, 5) is 2.30. The Bertz CT molecular complexity index is 432. The predicted octanol–water partition coefficient (Wildman–Crippen LogP) is 2.75. The Hall–Kier alpha value is -1.26. The van der Waals surface area contributed by atoms with Gasteiger partial charge in [-0.2, -0.15) is 0 Å². The summed E-state index contributed by atoms with van der Waals surface area (Å²) in [5.74, 6) is 0.746. The van der Waals surface area contributed by atoms with Crippen molar-refractivity contribution in [1.82, 2.24) is 0 Å². The van der Waals surface area contributed by atoms with E-state index in [2.05, 4.69) is 11.0 Å². The maximum atomic E-state index is 10.1. The van der Waals surface area contributed by atoms with Gasteiger partial charge in [-0.3, -0.25) is 0 Å². The Labute approximate surface area is 121 Å². The molecule has 2 atom stereocenters. The van der Waals surface area contributed by atoms with E-state index < -0.39 is 6.10 Å². The van der Waals surface area contributed by atoms with Crippen molar-refractivity contribution in [3.8, 4) is 5.75 Å². The molecule has 1 N–H and O–H groups in total. The smallest absolute Gasteiger partial charge is 0.126 e. The van der Waals surface area contributed by atoms with Gasteiger partial charge in [0.1, 0.15) is 5.75 Å². The first kappa shape index (κ1) is 15.1. The van der Waals surface area contributed by atoms with E-state index in [4.69, 9.17) is 9.47 Å². The van der Waals surface area contributed by atoms with Crippen molar-refractivity contribution in [1.29, 1.82) is 0 Å². The summed E-state index contributed by atoms with van der Waals surface area (Å²) in [5, 5.41) is 10.1. The van der Waals surface area contributed by atoms with E-state index >= 15 is 0 Å². The number of piperidine rings is 1. The Morgan fingerprint density at radius 2 is 2.25 bits per heavy atom. The van der Waals surface area contributed by atoms with E-state index in [0.717, 1.165) is 49.5 Å². The first-order valence-corrected chi connectivity index (χ1v) is 7.38. The monoisotopic (exact) mass is 279 g/mol. The molecule has 0 saturated carbocycles. The van der Waals surface area contributed by atoms with Crippen LogP contribution in [0.2, 0.25) is 0 Å². The van der Waals surface area contributed by atoms with Gasteiger partial charge >= 0.3 is 0 Å². The molecule has 20 heavy (non-hydrogen) atoms. The summed E-state index contributed by atoms with van der Waals surface area (Å²) in [5.41, 5.74) is 1.93. The molecule has 4 heteroatoms. The molecule has 1 aromatic carbocycles. The van der Waals surface area contributed by atoms with Gasteiger partial charge in [-0.05, 0) is 38.8 Å². The molecule has 0 radical (unpaired) electrons. The number of benzene rings is 1. The maximum Gasteiger partial charge on any atom is 0.126 e. The highest BCUT2D eigenvalue weighted by Gasteiger charge is 2.24. The van der Waals surface area contributed by atoms with Crippen LogP contribution in [0.25, 0.3) is 0 Å². The molecule has 1 fully saturated rings. The fourth-order valence-electron chi connectivity index (χ4n) is 2.93. The number of hydrogen-bond donors (Lipinski definition) is 1. The van der Waals surface area contributed by atoms with Crippen molar-refractivity contribution >= 4 is 5.69 Å². The summed E-state index contributed by atoms with van der Waals surface area (Å²) in [6, 6.07) is 5.93. The third kappa shape index (κ3) is 3.25. The number of aliphatic hydroxyl groups is 1. The highest BCUT2D eigenvalue weighted by molar-refractivity contribution is 5.60. The molecule has 1 aliphatic heterocycles. The van der Waals surface area contributed by atoms with E-state index in [1.165, 1.54) is 0 Å². The second kappa shape index (κ2) is 6.95. The molecule has 1 saturated heterocycles. The molecule has 2 rings (SSSR count). The fraction of sp³-hybridized carbons (Fsp3) is 0.625. The number of anilines is 1. The summed E-state index contributed by atoms with van der Waals surface area (Å²) < 4.78 is 11.2. The molecule has 1 aliphatic rings. The Kier molecular flexibility index (Phi) is 5.26. The number of aliphatic hydroxyl groups excluding tert-OH is 1. The van der Waals surface area contributed by atoms with Gasteiger partial charge in [0.15, 0.2) is 0 Å². The summed E-state index contributed by atoms with van der Waals surface area (Å²) in [6.07, 6.45) is 1.95. The summed E-state index contributed by atoms with van der Waals surface area (Å²) in [7, 11) is 1.64. The maximum absolute atomic E-state index is 10.1. The van der Waals surface area contributed by atoms with Crippen molar-refractivity contribution in [2.45, 2.75) is 38.9 Å². The second-order valence-corrected chi connectivity index (χ2v) is 5.23. The van der Waals surface area contributed by atoms with Gasteiger partial charge in [0.2, 0.25) is 0 Å². The number of methoxy groups -OCH3 is 1. The van der Waals surface area contributed by atoms with Crippen molar-refractivity contribution in [3.05, 3.63) is 23.8 Å². The van der Waals surface area contributed by atoms with Crippen LogP contribution in [0.15, 0.2) is 18.2 Å². The molecular formula is C16H25NO3. The number of ether oxygens (including phenoxy) is 2. The van der Waals surface area contributed by atoms with Gasteiger partial charge in [-0.25, -0.2) is 0 Å². The third-order valence-electron chi connectivity index (χ3n) is 3.80. The quantitative estimate of drug-likeness (QED) is 0.900. The zero-order chi connectivity index (χ0) is 14.5. The largest absolute Gasteiger partial charge is 0.496 e. The highest BCUT2D eigenvalue weighted by Crippen LogP contribution is 2.35. The first-order chi connectivity index (χ1) is 9.67. The van der Waals surface area contributed by atoms with Gasteiger partial charge in [0.25, 0.3) is 0 Å². The molecule has 0 amide bonds. The minimum Gasteiger partial charge on any atom is -0.496 e. The van der Waals surface area contributed by atoms with Crippen LogP contribution in [-0.2, 0) is 4.74 Å². The standard InChI is InChI=1S/C16H25NO3/c1-4-20-13-7-6-10-17(11-13)14-8-5-9-15(19-3)16(14)12(2)18/h5,8-9,12-13,18H,4,6-7,10-11H2,1-3H3. The van der Waals surface area contributed by atoms with Crippen LogP contribution in [0.5, 0.6) is 5.75 Å². The summed E-state index contributed by atoms with van der Waals surface area (Å²) in [6.45, 7) is 6.44. The van der Waals surface area contributed by atoms with Crippen molar-refractivity contribution in [3.63, 3.8) is 0 Å². The SMILES string of the molecule is CCOC1CCCN(c2cccc(OC)c2C(C)O)C1. The number of hydrogen-bond acceptors (Lipinski definition) is 4. The lowest BCUT2D eigenvalue weighted by Gasteiger charge is -2.36. The average Bonchev–Trinajstić information content (AvgIpc) is 2.47. The number of nitrogens with zero attached hydrogens (tertiary/aromatic N) is 1. The van der Waals surface area contributed by atoms with Crippen LogP contribution in [-0.4, -0.2) is 38.0 Å². The lowest BCUT2D eigenvalue weighted by Crippen LogP contribution is -2.40. The van der Waals surface area contributed by atoms with Crippen LogP contribution < -0.4 is 9.64 Å². The Morgan fingerprint density at radius 3 is 2.90 bits per heavy atom. The van der Waals surface area contributed by atoms with Crippen molar-refractivity contribution < 1.29 is 14.6 Å². The van der Waals surface area contributed by atoms with E-state index in [9.17, 15) is 5.11 Å². The average molecular weight is 279 g/mol. The number of rotatable bonds is 5. The molecule has 1 aromatic rings. The van der Waals surface area contributed by atoms with E-state index in [1.54, 1.807) is 14.0 Å². The lowest BCUT2D eigenvalue weighted by atomic mass is 10.0. The van der Waals surface area contributed by atoms with Gasteiger partial charge in [0, 0.05) is 30.9 Å². The fourth-order valence-corrected chi connectivity index (χ4v) is 2.93. The topological polar surface area (TPSA) is 41.9 Å². The van der Waals surface area contributed by atoms with Crippen LogP contribution in [0.3, 0.4) is 0 Å². The van der Waals surface area contributed by atoms with E-state index in [1.807, 2.05) is 19.1 Å². The Balaban J connectivity index is 2.27. The molecule has 0 aromatic heterocycles. The zero-order valence-corrected chi connectivity index (χ0v) is 12.6. The van der Waals surface area contributed by atoms with E-state index in [0.29, 0.717) is 0 Å². The third-order valence-corrected chi connectivity index (χ3v) is 3.80. The molecule has 0 aliphatic carbocycles. The minimum absolute atomic E-state index is 0.279. The molecule has 0 bridgehead atoms. The molecule has 1 heterocycles. The highest BCUT2D eigenvalue weighted by atomic mass is 16.5. The van der Waals surface area contributed by atoms with E-state index in [-0.39, 0.29) is 6.10 Å². The first-order valence-electron chi connectivity index (χ1n) is 7.38. The van der Waals surface area contributed by atoms with Gasteiger partial charge < -0.3 is 19.5 Å². The molecule has 0 spiro atoms. The van der Waals surface area contributed by atoms with Crippen LogP contribution in [0.1, 0.15) is 38.4 Å². The summed E-state index contributed by atoms with van der Waals surface area (Å²) >= 11 is 0. The van der Waals surface area contributed by atoms with Crippen LogP contribution in [0, 0.1) is 0 Å². The van der Waals surface area contributed by atoms with Crippen molar-refractivity contribution in [2.75, 3.05) is 31.7 Å². The minimum atomic E-state index is -0.548. The van der Waals surface area contributed by atoms with Crippen molar-refractivity contribution in [2.24, 2.45) is 0 Å². The van der Waals surface area contributed by atoms with Gasteiger partial charge in [-0.15, -0.1) is 0 Å². The van der Waals surface area contributed by atoms with Gasteiger partial charge in [0.05, 0.1) is 19.3 Å². The normalized spacial score (nSPS) is 20.8. The second-order valence-electron chi connectivity index (χ2n) is 5.23. The molecule has 4 nitrogen and oxygen atoms in total. The molecule has 112 valence electrons. The van der Waals surface area contributed by atoms with Crippen LogP contribution in [0.4, 0.5) is 5.69 Å². The predicted molar refractivity (Wildman–Crippen MR) is 80.5 cm³/mol.